The molecule has 0 spiro atoms. The van der Waals surface area contributed by atoms with Crippen LogP contribution in [-0.4, -0.2) is 42.9 Å². The van der Waals surface area contributed by atoms with Crippen LogP contribution in [-0.2, 0) is 17.7 Å². The summed E-state index contributed by atoms with van der Waals surface area (Å²) in [5.74, 6) is -0.153. The van der Waals surface area contributed by atoms with E-state index in [4.69, 9.17) is 14.2 Å². The first-order valence-electron chi connectivity index (χ1n) is 10.4. The number of aromatic nitrogens is 1. The van der Waals surface area contributed by atoms with Crippen molar-refractivity contribution in [3.8, 4) is 22.8 Å². The Balaban J connectivity index is 1.86. The molecule has 2 aromatic carbocycles. The summed E-state index contributed by atoms with van der Waals surface area (Å²) in [5, 5.41) is 0. The Morgan fingerprint density at radius 1 is 0.938 bits per heavy atom. The molecule has 7 heteroatoms. The minimum atomic E-state index is -0.612. The van der Waals surface area contributed by atoms with E-state index < -0.39 is 5.97 Å². The van der Waals surface area contributed by atoms with E-state index in [1.54, 1.807) is 48.9 Å². The summed E-state index contributed by atoms with van der Waals surface area (Å²) < 4.78 is 18.0. The van der Waals surface area contributed by atoms with Gasteiger partial charge in [-0.3, -0.25) is 9.59 Å². The van der Waals surface area contributed by atoms with Crippen molar-refractivity contribution in [2.24, 2.45) is 0 Å². The third-order valence-corrected chi connectivity index (χ3v) is 6.07. The summed E-state index contributed by atoms with van der Waals surface area (Å²) in [4.78, 5) is 40.1. The average molecular weight is 431 g/mol. The first kappa shape index (κ1) is 20.1. The number of benzene rings is 2. The SMILES string of the molecule is CCOC(=O)c1c2c(c3n1CCc1cc(OC)c(OC)cc1-3)C(=O)c1ccccc1C2=O. The van der Waals surface area contributed by atoms with Crippen molar-refractivity contribution in [3.63, 3.8) is 0 Å². The molecule has 0 radical (unpaired) electrons. The van der Waals surface area contributed by atoms with Gasteiger partial charge >= 0.3 is 5.97 Å². The van der Waals surface area contributed by atoms with Gasteiger partial charge in [0.2, 0.25) is 0 Å². The van der Waals surface area contributed by atoms with Gasteiger partial charge < -0.3 is 18.8 Å². The fraction of sp³-hybridized carbons (Fsp3) is 0.240. The van der Waals surface area contributed by atoms with Crippen LogP contribution >= 0.6 is 0 Å². The highest BCUT2D eigenvalue weighted by Crippen LogP contribution is 2.45. The monoisotopic (exact) mass is 431 g/mol. The van der Waals surface area contributed by atoms with E-state index in [1.165, 1.54) is 7.11 Å². The van der Waals surface area contributed by atoms with Crippen LogP contribution in [0.2, 0.25) is 0 Å². The van der Waals surface area contributed by atoms with E-state index in [0.717, 1.165) is 11.1 Å². The quantitative estimate of drug-likeness (QED) is 0.459. The number of carbonyl (C=O) groups is 3. The van der Waals surface area contributed by atoms with Crippen LogP contribution < -0.4 is 9.47 Å². The molecule has 0 fully saturated rings. The second-order valence-corrected chi connectivity index (χ2v) is 7.64. The molecule has 0 saturated heterocycles. The van der Waals surface area contributed by atoms with Crippen LogP contribution in [0.4, 0.5) is 0 Å². The van der Waals surface area contributed by atoms with E-state index >= 15 is 0 Å². The lowest BCUT2D eigenvalue weighted by Crippen LogP contribution is -2.22. The third kappa shape index (κ3) is 2.64. The number of hydrogen-bond donors (Lipinski definition) is 0. The lowest BCUT2D eigenvalue weighted by atomic mass is 9.82. The van der Waals surface area contributed by atoms with E-state index in [1.807, 2.05) is 6.07 Å². The van der Waals surface area contributed by atoms with Gasteiger partial charge in [0.15, 0.2) is 23.1 Å². The highest BCUT2D eigenvalue weighted by molar-refractivity contribution is 6.32. The third-order valence-electron chi connectivity index (χ3n) is 6.07. The summed E-state index contributed by atoms with van der Waals surface area (Å²) in [6.07, 6.45) is 0.595. The van der Waals surface area contributed by atoms with Crippen molar-refractivity contribution in [2.75, 3.05) is 20.8 Å². The van der Waals surface area contributed by atoms with Crippen LogP contribution in [0.25, 0.3) is 11.3 Å². The Morgan fingerprint density at radius 3 is 2.19 bits per heavy atom. The number of rotatable bonds is 4. The van der Waals surface area contributed by atoms with Crippen LogP contribution in [0.5, 0.6) is 11.5 Å². The molecule has 5 rings (SSSR count). The average Bonchev–Trinajstić information content (AvgIpc) is 3.18. The second-order valence-electron chi connectivity index (χ2n) is 7.64. The molecule has 0 unspecified atom stereocenters. The van der Waals surface area contributed by atoms with Crippen LogP contribution in [0.15, 0.2) is 36.4 Å². The largest absolute Gasteiger partial charge is 0.493 e. The molecule has 2 aliphatic rings. The number of hydrogen-bond acceptors (Lipinski definition) is 6. The number of esters is 1. The molecule has 0 amide bonds. The van der Waals surface area contributed by atoms with Gasteiger partial charge in [0.05, 0.1) is 37.6 Å². The summed E-state index contributed by atoms with van der Waals surface area (Å²) in [7, 11) is 3.10. The van der Waals surface area contributed by atoms with Gasteiger partial charge in [-0.15, -0.1) is 0 Å². The zero-order valence-electron chi connectivity index (χ0n) is 18.0. The smallest absolute Gasteiger partial charge is 0.355 e. The molecule has 7 nitrogen and oxygen atoms in total. The Kier molecular flexibility index (Phi) is 4.62. The highest BCUT2D eigenvalue weighted by Gasteiger charge is 2.42. The minimum absolute atomic E-state index is 0.116. The molecular weight excluding hydrogens is 410 g/mol. The maximum Gasteiger partial charge on any atom is 0.355 e. The standard InChI is InChI=1S/C25H21NO6/c1-4-32-25(29)22-20-19(23(27)14-7-5-6-8-15(14)24(20)28)21-16-12-18(31-3)17(30-2)11-13(16)9-10-26(21)22/h5-8,11-12H,4,9-10H2,1-3H3. The maximum absolute atomic E-state index is 13.6. The fourth-order valence-electron chi connectivity index (χ4n) is 4.71. The molecule has 0 saturated carbocycles. The summed E-state index contributed by atoms with van der Waals surface area (Å²) in [6.45, 7) is 2.30. The number of methoxy groups -OCH3 is 2. The molecule has 162 valence electrons. The number of nitrogens with zero attached hydrogens (tertiary/aromatic N) is 1. The van der Waals surface area contributed by atoms with Gasteiger partial charge in [-0.25, -0.2) is 4.79 Å². The summed E-state index contributed by atoms with van der Waals surface area (Å²) in [5.41, 5.74) is 3.34. The van der Waals surface area contributed by atoms with Gasteiger partial charge in [0.1, 0.15) is 5.69 Å². The first-order valence-corrected chi connectivity index (χ1v) is 10.4. The summed E-state index contributed by atoms with van der Waals surface area (Å²) in [6, 6.07) is 10.4. The second kappa shape index (κ2) is 7.37. The van der Waals surface area contributed by atoms with E-state index in [0.29, 0.717) is 41.3 Å². The molecular formula is C25H21NO6. The Hall–Kier alpha value is -3.87. The van der Waals surface area contributed by atoms with Crippen molar-refractivity contribution >= 4 is 17.5 Å². The predicted molar refractivity (Wildman–Crippen MR) is 116 cm³/mol. The molecule has 32 heavy (non-hydrogen) atoms. The highest BCUT2D eigenvalue weighted by atomic mass is 16.5. The van der Waals surface area contributed by atoms with Gasteiger partial charge in [-0.05, 0) is 31.0 Å². The Morgan fingerprint density at radius 2 is 1.56 bits per heavy atom. The van der Waals surface area contributed by atoms with Crippen molar-refractivity contribution in [3.05, 3.63) is 69.9 Å². The number of ketones is 2. The van der Waals surface area contributed by atoms with Crippen molar-refractivity contribution in [2.45, 2.75) is 19.9 Å². The Bertz CT molecular complexity index is 1320. The minimum Gasteiger partial charge on any atom is -0.493 e. The molecule has 1 aliphatic heterocycles. The zero-order valence-corrected chi connectivity index (χ0v) is 18.0. The fourth-order valence-corrected chi connectivity index (χ4v) is 4.71. The first-order chi connectivity index (χ1) is 15.5. The molecule has 0 bridgehead atoms. The lowest BCUT2D eigenvalue weighted by molar-refractivity contribution is 0.0510. The van der Waals surface area contributed by atoms with Gasteiger partial charge in [0, 0.05) is 23.2 Å². The molecule has 0 N–H and O–H groups in total. The van der Waals surface area contributed by atoms with Crippen LogP contribution in [0, 0.1) is 0 Å². The van der Waals surface area contributed by atoms with E-state index in [9.17, 15) is 14.4 Å². The van der Waals surface area contributed by atoms with Crippen LogP contribution in [0.1, 0.15) is 54.8 Å². The predicted octanol–water partition coefficient (Wildman–Crippen LogP) is 3.68. The Labute approximate surface area is 184 Å². The zero-order chi connectivity index (χ0) is 22.6. The van der Waals surface area contributed by atoms with Crippen LogP contribution in [0.3, 0.4) is 0 Å². The normalized spacial score (nSPS) is 13.6. The number of ether oxygens (including phenoxy) is 3. The number of fused-ring (bicyclic) bond motifs is 6. The van der Waals surface area contributed by atoms with Gasteiger partial charge in [-0.2, -0.15) is 0 Å². The number of aryl methyl sites for hydroxylation is 1. The van der Waals surface area contributed by atoms with E-state index in [-0.39, 0.29) is 35.0 Å². The summed E-state index contributed by atoms with van der Waals surface area (Å²) >= 11 is 0. The van der Waals surface area contributed by atoms with E-state index in [2.05, 4.69) is 0 Å². The molecule has 1 aliphatic carbocycles. The van der Waals surface area contributed by atoms with Crippen molar-refractivity contribution in [1.82, 2.24) is 4.57 Å². The molecule has 1 aromatic heterocycles. The lowest BCUT2D eigenvalue weighted by Gasteiger charge is -2.23. The topological polar surface area (TPSA) is 83.8 Å². The molecule has 0 atom stereocenters. The van der Waals surface area contributed by atoms with Crippen molar-refractivity contribution in [1.29, 1.82) is 0 Å². The van der Waals surface area contributed by atoms with Crippen molar-refractivity contribution < 1.29 is 28.6 Å². The molecule has 3 aromatic rings. The number of carbonyl (C=O) groups excluding carboxylic acids is 3. The van der Waals surface area contributed by atoms with Gasteiger partial charge in [0.25, 0.3) is 0 Å². The van der Waals surface area contributed by atoms with Gasteiger partial charge in [-0.1, -0.05) is 24.3 Å². The maximum atomic E-state index is 13.6. The molecule has 2 heterocycles.